The van der Waals surface area contributed by atoms with Crippen LogP contribution >= 0.6 is 0 Å². The summed E-state index contributed by atoms with van der Waals surface area (Å²) in [6, 6.07) is 6.35. The van der Waals surface area contributed by atoms with Gasteiger partial charge in [-0.05, 0) is 45.0 Å². The van der Waals surface area contributed by atoms with Crippen LogP contribution in [0.5, 0.6) is 0 Å². The third-order valence-electron chi connectivity index (χ3n) is 4.16. The van der Waals surface area contributed by atoms with Crippen LogP contribution in [-0.4, -0.2) is 41.3 Å². The Hall–Kier alpha value is -2.92. The molecule has 1 aromatic carbocycles. The van der Waals surface area contributed by atoms with Crippen molar-refractivity contribution in [3.05, 3.63) is 64.7 Å². The molecule has 3 aromatic rings. The molecule has 3 rings (SSSR count). The van der Waals surface area contributed by atoms with Gasteiger partial charge in [0.1, 0.15) is 23.3 Å². The number of aryl methyl sites for hydroxylation is 3. The van der Waals surface area contributed by atoms with Crippen LogP contribution in [0, 0.1) is 32.4 Å². The maximum absolute atomic E-state index is 13.7. The lowest BCUT2D eigenvalue weighted by molar-refractivity contribution is 0.571. The van der Waals surface area contributed by atoms with Crippen LogP contribution in [0.4, 0.5) is 14.6 Å². The number of halogens is 2. The van der Waals surface area contributed by atoms with Gasteiger partial charge >= 0.3 is 0 Å². The highest BCUT2D eigenvalue weighted by molar-refractivity contribution is 7.88. The minimum atomic E-state index is -3.83. The van der Waals surface area contributed by atoms with Crippen LogP contribution in [0.25, 0.3) is 5.82 Å². The van der Waals surface area contributed by atoms with Gasteiger partial charge in [-0.2, -0.15) is 5.10 Å². The number of nitrogens with one attached hydrogen (secondary N) is 2. The molecule has 0 saturated carbocycles. The van der Waals surface area contributed by atoms with Crippen LogP contribution in [0.15, 0.2) is 30.3 Å². The highest BCUT2D eigenvalue weighted by Crippen LogP contribution is 2.14. The molecule has 11 heteroatoms. The van der Waals surface area contributed by atoms with Gasteiger partial charge in [0.05, 0.1) is 11.4 Å². The molecule has 8 nitrogen and oxygen atoms in total. The van der Waals surface area contributed by atoms with Gasteiger partial charge in [-0.25, -0.2) is 36.6 Å². The lowest BCUT2D eigenvalue weighted by Crippen LogP contribution is -2.30. The van der Waals surface area contributed by atoms with E-state index < -0.39 is 27.4 Å². The van der Waals surface area contributed by atoms with E-state index in [1.54, 1.807) is 17.7 Å². The summed E-state index contributed by atoms with van der Waals surface area (Å²) in [5.41, 5.74) is 1.56. The van der Waals surface area contributed by atoms with Crippen molar-refractivity contribution in [3.8, 4) is 5.82 Å². The predicted octanol–water partition coefficient (Wildman–Crippen LogP) is 2.40. The Labute approximate surface area is 173 Å². The second kappa shape index (κ2) is 8.84. The molecule has 0 aliphatic rings. The largest absolute Gasteiger partial charge is 0.369 e. The first-order chi connectivity index (χ1) is 14.1. The van der Waals surface area contributed by atoms with Gasteiger partial charge in [0.25, 0.3) is 0 Å². The molecule has 0 atom stereocenters. The molecule has 30 heavy (non-hydrogen) atoms. The normalized spacial score (nSPS) is 11.6. The fourth-order valence-electron chi connectivity index (χ4n) is 2.92. The van der Waals surface area contributed by atoms with Crippen LogP contribution in [0.3, 0.4) is 0 Å². The highest BCUT2D eigenvalue weighted by atomic mass is 32.2. The Morgan fingerprint density at radius 1 is 1.03 bits per heavy atom. The summed E-state index contributed by atoms with van der Waals surface area (Å²) in [4.78, 5) is 8.67. The molecule has 2 heterocycles. The average molecular weight is 436 g/mol. The maximum Gasteiger partial charge on any atom is 0.215 e. The van der Waals surface area contributed by atoms with Gasteiger partial charge in [-0.15, -0.1) is 0 Å². The molecular formula is C19H22F2N6O2S. The Kier molecular flexibility index (Phi) is 6.42. The van der Waals surface area contributed by atoms with Crippen molar-refractivity contribution < 1.29 is 17.2 Å². The summed E-state index contributed by atoms with van der Waals surface area (Å²) in [7, 11) is -3.83. The molecule has 0 saturated heterocycles. The van der Waals surface area contributed by atoms with Crippen LogP contribution in [-0.2, 0) is 15.8 Å². The van der Waals surface area contributed by atoms with E-state index in [2.05, 4.69) is 25.1 Å². The van der Waals surface area contributed by atoms with E-state index in [9.17, 15) is 17.2 Å². The quantitative estimate of drug-likeness (QED) is 0.526. The topological polar surface area (TPSA) is 102 Å². The average Bonchev–Trinajstić information content (AvgIpc) is 2.99. The molecule has 0 amide bonds. The molecule has 2 aromatic heterocycles. The summed E-state index contributed by atoms with van der Waals surface area (Å²) < 4.78 is 55.2. The second-order valence-corrected chi connectivity index (χ2v) is 8.62. The van der Waals surface area contributed by atoms with Crippen LogP contribution < -0.4 is 10.0 Å². The molecular weight excluding hydrogens is 414 g/mol. The van der Waals surface area contributed by atoms with Gasteiger partial charge in [-0.1, -0.05) is 0 Å². The molecule has 0 unspecified atom stereocenters. The van der Waals surface area contributed by atoms with E-state index in [0.717, 1.165) is 29.6 Å². The molecule has 0 aliphatic carbocycles. The zero-order valence-electron chi connectivity index (χ0n) is 16.8. The summed E-state index contributed by atoms with van der Waals surface area (Å²) in [5, 5.41) is 7.42. The Bertz CT molecular complexity index is 1160. The van der Waals surface area contributed by atoms with Gasteiger partial charge < -0.3 is 5.32 Å². The van der Waals surface area contributed by atoms with Crippen molar-refractivity contribution >= 4 is 15.8 Å². The first-order valence-corrected chi connectivity index (χ1v) is 10.8. The number of benzene rings is 1. The minimum absolute atomic E-state index is 0.0392. The van der Waals surface area contributed by atoms with E-state index >= 15 is 0 Å². The van der Waals surface area contributed by atoms with Crippen molar-refractivity contribution in [2.75, 3.05) is 18.4 Å². The third kappa shape index (κ3) is 5.57. The van der Waals surface area contributed by atoms with E-state index in [-0.39, 0.29) is 18.7 Å². The van der Waals surface area contributed by atoms with Crippen molar-refractivity contribution in [2.24, 2.45) is 0 Å². The van der Waals surface area contributed by atoms with E-state index in [1.807, 2.05) is 19.9 Å². The van der Waals surface area contributed by atoms with Crippen molar-refractivity contribution in [1.29, 1.82) is 0 Å². The maximum atomic E-state index is 13.7. The summed E-state index contributed by atoms with van der Waals surface area (Å²) in [6.07, 6.45) is 0. The molecule has 0 bridgehead atoms. The number of nitrogens with zero attached hydrogens (tertiary/aromatic N) is 4. The molecule has 0 aliphatic heterocycles. The van der Waals surface area contributed by atoms with Crippen molar-refractivity contribution in [1.82, 2.24) is 24.5 Å². The summed E-state index contributed by atoms with van der Waals surface area (Å²) in [5.74, 6) is -0.470. The summed E-state index contributed by atoms with van der Waals surface area (Å²) in [6.45, 7) is 5.82. The number of hydrogen-bond acceptors (Lipinski definition) is 6. The van der Waals surface area contributed by atoms with Gasteiger partial charge in [0.15, 0.2) is 5.82 Å². The highest BCUT2D eigenvalue weighted by Gasteiger charge is 2.15. The number of anilines is 1. The number of aromatic nitrogens is 4. The van der Waals surface area contributed by atoms with E-state index in [1.165, 1.54) is 0 Å². The summed E-state index contributed by atoms with van der Waals surface area (Å²) >= 11 is 0. The first-order valence-electron chi connectivity index (χ1n) is 9.17. The standard InChI is InChI=1S/C19H22F2N6O2S/c1-12-8-13(2)27(26-12)19-10-18(24-14(3)25-19)22-6-7-23-30(28,29)11-15-9-16(20)4-5-17(15)21/h4-5,8-10,23H,6-7,11H2,1-3H3,(H,22,24,25). The predicted molar refractivity (Wildman–Crippen MR) is 109 cm³/mol. The zero-order valence-corrected chi connectivity index (χ0v) is 17.6. The number of rotatable bonds is 8. The first kappa shape index (κ1) is 21.8. The van der Waals surface area contributed by atoms with E-state index in [4.69, 9.17) is 0 Å². The lowest BCUT2D eigenvalue weighted by Gasteiger charge is -2.11. The van der Waals surface area contributed by atoms with E-state index in [0.29, 0.717) is 17.5 Å². The lowest BCUT2D eigenvalue weighted by atomic mass is 10.2. The fourth-order valence-corrected chi connectivity index (χ4v) is 4.06. The van der Waals surface area contributed by atoms with Gasteiger partial charge in [0.2, 0.25) is 10.0 Å². The van der Waals surface area contributed by atoms with Crippen LogP contribution in [0.1, 0.15) is 22.8 Å². The van der Waals surface area contributed by atoms with Gasteiger partial charge in [0, 0.05) is 30.4 Å². The molecule has 2 N–H and O–H groups in total. The number of sulfonamides is 1. The Morgan fingerprint density at radius 2 is 1.80 bits per heavy atom. The number of hydrogen-bond donors (Lipinski definition) is 2. The Balaban J connectivity index is 1.60. The van der Waals surface area contributed by atoms with Gasteiger partial charge in [-0.3, -0.25) is 0 Å². The molecule has 160 valence electrons. The van der Waals surface area contributed by atoms with Crippen molar-refractivity contribution in [3.63, 3.8) is 0 Å². The fraction of sp³-hybridized carbons (Fsp3) is 0.316. The van der Waals surface area contributed by atoms with Crippen molar-refractivity contribution in [2.45, 2.75) is 26.5 Å². The monoisotopic (exact) mass is 436 g/mol. The minimum Gasteiger partial charge on any atom is -0.369 e. The zero-order chi connectivity index (χ0) is 21.9. The smallest absolute Gasteiger partial charge is 0.215 e. The second-order valence-electron chi connectivity index (χ2n) is 6.81. The molecule has 0 spiro atoms. The SMILES string of the molecule is Cc1cc(C)n(-c2cc(NCCNS(=O)(=O)Cc3cc(F)ccc3F)nc(C)n2)n1. The Morgan fingerprint density at radius 3 is 2.50 bits per heavy atom. The third-order valence-corrected chi connectivity index (χ3v) is 5.49. The molecule has 0 fully saturated rings. The molecule has 0 radical (unpaired) electrons. The van der Waals surface area contributed by atoms with Crippen LogP contribution in [0.2, 0.25) is 0 Å².